The van der Waals surface area contributed by atoms with E-state index in [0.29, 0.717) is 6.54 Å². The van der Waals surface area contributed by atoms with Gasteiger partial charge in [0.25, 0.3) is 0 Å². The van der Waals surface area contributed by atoms with Crippen LogP contribution in [0, 0.1) is 0 Å². The first kappa shape index (κ1) is 9.16. The molecule has 3 heteroatoms. The van der Waals surface area contributed by atoms with Crippen LogP contribution >= 0.6 is 0 Å². The molecule has 0 saturated carbocycles. The summed E-state index contributed by atoms with van der Waals surface area (Å²) in [4.78, 5) is 3.94. The zero-order valence-electron chi connectivity index (χ0n) is 7.23. The third-order valence-corrected chi connectivity index (χ3v) is 1.79. The fourth-order valence-corrected chi connectivity index (χ4v) is 1.15. The van der Waals surface area contributed by atoms with Gasteiger partial charge in [-0.2, -0.15) is 0 Å². The molecule has 1 unspecified atom stereocenters. The van der Waals surface area contributed by atoms with E-state index in [2.05, 4.69) is 4.98 Å². The molecule has 1 aromatic rings. The maximum Gasteiger partial charge on any atom is 0.0834 e. The molecule has 1 heterocycles. The highest BCUT2D eigenvalue weighted by molar-refractivity contribution is 5.13. The summed E-state index contributed by atoms with van der Waals surface area (Å²) in [5.74, 6) is 0. The minimum absolute atomic E-state index is 0.109. The summed E-state index contributed by atoms with van der Waals surface area (Å²) < 4.78 is 5.27. The third-order valence-electron chi connectivity index (χ3n) is 1.79. The van der Waals surface area contributed by atoms with Crippen LogP contribution in [-0.2, 0) is 4.74 Å². The topological polar surface area (TPSA) is 48.1 Å². The second-order valence-electron chi connectivity index (χ2n) is 2.58. The van der Waals surface area contributed by atoms with Crippen LogP contribution in [-0.4, -0.2) is 18.6 Å². The molecular weight excluding hydrogens is 152 g/mol. The lowest BCUT2D eigenvalue weighted by Crippen LogP contribution is -2.08. The summed E-state index contributed by atoms with van der Waals surface area (Å²) in [6.45, 7) is 0.640. The molecule has 66 valence electrons. The Kier molecular flexibility index (Phi) is 3.70. The highest BCUT2D eigenvalue weighted by atomic mass is 16.5. The second kappa shape index (κ2) is 4.85. The lowest BCUT2D eigenvalue weighted by atomic mass is 10.1. The molecule has 3 nitrogen and oxygen atoms in total. The van der Waals surface area contributed by atoms with E-state index in [1.54, 1.807) is 19.5 Å². The van der Waals surface area contributed by atoms with Crippen LogP contribution in [0.3, 0.4) is 0 Å². The number of ether oxygens (including phenoxy) is 1. The molecule has 0 bridgehead atoms. The Morgan fingerprint density at radius 3 is 2.67 bits per heavy atom. The fourth-order valence-electron chi connectivity index (χ4n) is 1.15. The Morgan fingerprint density at radius 1 is 1.50 bits per heavy atom. The number of aromatic nitrogens is 1. The molecular formula is C9H14N2O. The number of nitrogens with zero attached hydrogens (tertiary/aromatic N) is 1. The van der Waals surface area contributed by atoms with Crippen LogP contribution in [0.15, 0.2) is 24.5 Å². The van der Waals surface area contributed by atoms with Gasteiger partial charge in [-0.15, -0.1) is 0 Å². The number of pyridine rings is 1. The molecule has 1 aromatic heterocycles. The van der Waals surface area contributed by atoms with E-state index in [0.717, 1.165) is 12.0 Å². The number of hydrogen-bond donors (Lipinski definition) is 1. The van der Waals surface area contributed by atoms with E-state index in [4.69, 9.17) is 10.5 Å². The van der Waals surface area contributed by atoms with Crippen molar-refractivity contribution in [2.45, 2.75) is 12.5 Å². The Labute approximate surface area is 72.6 Å². The Morgan fingerprint density at radius 2 is 2.17 bits per heavy atom. The molecule has 0 saturated heterocycles. The van der Waals surface area contributed by atoms with Crippen molar-refractivity contribution in [3.63, 3.8) is 0 Å². The Bertz CT molecular complexity index is 213. The van der Waals surface area contributed by atoms with Crippen molar-refractivity contribution in [1.82, 2.24) is 4.98 Å². The van der Waals surface area contributed by atoms with Gasteiger partial charge in [0.1, 0.15) is 0 Å². The van der Waals surface area contributed by atoms with E-state index >= 15 is 0 Å². The third kappa shape index (κ3) is 2.29. The molecule has 0 radical (unpaired) electrons. The number of nitrogens with two attached hydrogens (primary N) is 1. The monoisotopic (exact) mass is 166 g/mol. The van der Waals surface area contributed by atoms with Crippen LogP contribution in [0.5, 0.6) is 0 Å². The van der Waals surface area contributed by atoms with Crippen molar-refractivity contribution in [2.24, 2.45) is 5.73 Å². The average molecular weight is 166 g/mol. The van der Waals surface area contributed by atoms with Gasteiger partial charge in [-0.05, 0) is 30.7 Å². The summed E-state index contributed by atoms with van der Waals surface area (Å²) in [5.41, 5.74) is 6.58. The van der Waals surface area contributed by atoms with Crippen molar-refractivity contribution < 1.29 is 4.74 Å². The van der Waals surface area contributed by atoms with Gasteiger partial charge in [0.15, 0.2) is 0 Å². The van der Waals surface area contributed by atoms with Crippen molar-refractivity contribution in [1.29, 1.82) is 0 Å². The van der Waals surface area contributed by atoms with E-state index in [9.17, 15) is 0 Å². The molecule has 0 aliphatic carbocycles. The molecule has 12 heavy (non-hydrogen) atoms. The van der Waals surface area contributed by atoms with Crippen molar-refractivity contribution in [3.05, 3.63) is 30.1 Å². The van der Waals surface area contributed by atoms with Crippen molar-refractivity contribution >= 4 is 0 Å². The normalized spacial score (nSPS) is 12.8. The molecule has 1 rings (SSSR count). The van der Waals surface area contributed by atoms with E-state index in [1.807, 2.05) is 12.1 Å². The van der Waals surface area contributed by atoms with Gasteiger partial charge in [-0.3, -0.25) is 4.98 Å². The number of methoxy groups -OCH3 is 1. The fraction of sp³-hybridized carbons (Fsp3) is 0.444. The van der Waals surface area contributed by atoms with Gasteiger partial charge in [0.05, 0.1) is 6.10 Å². The molecule has 1 atom stereocenters. The SMILES string of the molecule is COC(CCN)c1ccncc1. The van der Waals surface area contributed by atoms with Crippen molar-refractivity contribution in [2.75, 3.05) is 13.7 Å². The van der Waals surface area contributed by atoms with Gasteiger partial charge in [-0.25, -0.2) is 0 Å². The molecule has 0 aromatic carbocycles. The lowest BCUT2D eigenvalue weighted by Gasteiger charge is -2.13. The highest BCUT2D eigenvalue weighted by Gasteiger charge is 2.07. The van der Waals surface area contributed by atoms with Crippen LogP contribution < -0.4 is 5.73 Å². The first-order valence-corrected chi connectivity index (χ1v) is 4.01. The summed E-state index contributed by atoms with van der Waals surface area (Å²) in [6.07, 6.45) is 4.48. The number of hydrogen-bond acceptors (Lipinski definition) is 3. The van der Waals surface area contributed by atoms with E-state index in [-0.39, 0.29) is 6.10 Å². The quantitative estimate of drug-likeness (QED) is 0.729. The minimum atomic E-state index is 0.109. The van der Waals surface area contributed by atoms with E-state index in [1.165, 1.54) is 0 Å². The zero-order chi connectivity index (χ0) is 8.81. The maximum atomic E-state index is 5.45. The lowest BCUT2D eigenvalue weighted by molar-refractivity contribution is 0.0977. The summed E-state index contributed by atoms with van der Waals surface area (Å²) >= 11 is 0. The van der Waals surface area contributed by atoms with E-state index < -0.39 is 0 Å². The van der Waals surface area contributed by atoms with Crippen LogP contribution in [0.4, 0.5) is 0 Å². The summed E-state index contributed by atoms with van der Waals surface area (Å²) in [6, 6.07) is 3.90. The zero-order valence-corrected chi connectivity index (χ0v) is 7.23. The largest absolute Gasteiger partial charge is 0.377 e. The minimum Gasteiger partial charge on any atom is -0.377 e. The maximum absolute atomic E-state index is 5.45. The van der Waals surface area contributed by atoms with Gasteiger partial charge in [-0.1, -0.05) is 0 Å². The van der Waals surface area contributed by atoms with Gasteiger partial charge < -0.3 is 10.5 Å². The first-order valence-electron chi connectivity index (χ1n) is 4.01. The Hall–Kier alpha value is -0.930. The summed E-state index contributed by atoms with van der Waals surface area (Å²) in [7, 11) is 1.70. The first-order chi connectivity index (χ1) is 5.88. The van der Waals surface area contributed by atoms with Gasteiger partial charge in [0, 0.05) is 19.5 Å². The average Bonchev–Trinajstić information content (AvgIpc) is 2.15. The Balaban J connectivity index is 2.66. The summed E-state index contributed by atoms with van der Waals surface area (Å²) in [5, 5.41) is 0. The second-order valence-corrected chi connectivity index (χ2v) is 2.58. The van der Waals surface area contributed by atoms with Gasteiger partial charge >= 0.3 is 0 Å². The number of rotatable bonds is 4. The highest BCUT2D eigenvalue weighted by Crippen LogP contribution is 2.17. The van der Waals surface area contributed by atoms with Crippen molar-refractivity contribution in [3.8, 4) is 0 Å². The molecule has 0 fully saturated rings. The molecule has 0 aliphatic heterocycles. The smallest absolute Gasteiger partial charge is 0.0834 e. The molecule has 0 spiro atoms. The molecule has 2 N–H and O–H groups in total. The predicted molar refractivity (Wildman–Crippen MR) is 47.7 cm³/mol. The molecule has 0 amide bonds. The molecule has 0 aliphatic rings. The standard InChI is InChI=1S/C9H14N2O/c1-12-9(2-5-10)8-3-6-11-7-4-8/h3-4,6-7,9H,2,5,10H2,1H3. The van der Waals surface area contributed by atoms with Crippen LogP contribution in [0.2, 0.25) is 0 Å². The van der Waals surface area contributed by atoms with Crippen LogP contribution in [0.25, 0.3) is 0 Å². The predicted octanol–water partition coefficient (Wildman–Crippen LogP) is 1.12. The van der Waals surface area contributed by atoms with Crippen LogP contribution in [0.1, 0.15) is 18.1 Å². The van der Waals surface area contributed by atoms with Gasteiger partial charge in [0.2, 0.25) is 0 Å².